The fraction of sp³-hybridized carbons (Fsp3) is 0.538. The van der Waals surface area contributed by atoms with E-state index in [9.17, 15) is 10.2 Å². The first-order valence-electron chi connectivity index (χ1n) is 5.79. The number of benzene rings is 1. The molecule has 0 aliphatic carbocycles. The summed E-state index contributed by atoms with van der Waals surface area (Å²) in [6, 6.07) is 7.27. The highest BCUT2D eigenvalue weighted by molar-refractivity contribution is 5.27. The Morgan fingerprint density at radius 2 is 2.31 bits per heavy atom. The van der Waals surface area contributed by atoms with E-state index in [4.69, 9.17) is 0 Å². The van der Waals surface area contributed by atoms with Crippen LogP contribution in [-0.4, -0.2) is 28.9 Å². The fourth-order valence-corrected chi connectivity index (χ4v) is 2.30. The first-order valence-corrected chi connectivity index (χ1v) is 5.79. The van der Waals surface area contributed by atoms with E-state index in [0.29, 0.717) is 5.75 Å². The van der Waals surface area contributed by atoms with Crippen molar-refractivity contribution in [3.8, 4) is 5.75 Å². The lowest BCUT2D eigenvalue weighted by Gasteiger charge is -2.37. The van der Waals surface area contributed by atoms with Crippen LogP contribution in [0, 0.1) is 5.92 Å². The lowest BCUT2D eigenvalue weighted by molar-refractivity contribution is -0.0234. The van der Waals surface area contributed by atoms with Crippen molar-refractivity contribution in [2.24, 2.45) is 5.92 Å². The van der Waals surface area contributed by atoms with Gasteiger partial charge < -0.3 is 15.5 Å². The van der Waals surface area contributed by atoms with Crippen LogP contribution in [0.15, 0.2) is 24.3 Å². The number of aliphatic hydroxyl groups is 1. The Balaban J connectivity index is 2.08. The third-order valence-electron chi connectivity index (χ3n) is 3.47. The van der Waals surface area contributed by atoms with Crippen LogP contribution in [0.25, 0.3) is 0 Å². The number of rotatable bonds is 2. The summed E-state index contributed by atoms with van der Waals surface area (Å²) in [6.45, 7) is 3.62. The van der Waals surface area contributed by atoms with Crippen LogP contribution in [-0.2, 0) is 6.42 Å². The maximum Gasteiger partial charge on any atom is 0.115 e. The zero-order chi connectivity index (χ0) is 11.6. The van der Waals surface area contributed by atoms with Gasteiger partial charge in [-0.3, -0.25) is 0 Å². The van der Waals surface area contributed by atoms with Crippen LogP contribution in [0.4, 0.5) is 0 Å². The minimum atomic E-state index is -0.600. The highest BCUT2D eigenvalue weighted by Gasteiger charge is 2.34. The molecule has 0 bridgehead atoms. The van der Waals surface area contributed by atoms with Crippen molar-refractivity contribution >= 4 is 0 Å². The standard InChI is InChI=1S/C13H19NO2/c1-13(16)5-6-14-9-11(13)7-10-3-2-4-12(15)8-10/h2-4,8,11,14-16H,5-7,9H2,1H3. The Hall–Kier alpha value is -1.06. The van der Waals surface area contributed by atoms with E-state index in [1.54, 1.807) is 12.1 Å². The molecule has 88 valence electrons. The van der Waals surface area contributed by atoms with Crippen LogP contribution in [0.5, 0.6) is 5.75 Å². The second kappa shape index (κ2) is 4.44. The molecular weight excluding hydrogens is 202 g/mol. The van der Waals surface area contributed by atoms with E-state index in [-0.39, 0.29) is 5.92 Å². The quantitative estimate of drug-likeness (QED) is 0.705. The molecule has 0 aromatic heterocycles. The third-order valence-corrected chi connectivity index (χ3v) is 3.47. The summed E-state index contributed by atoms with van der Waals surface area (Å²) in [5, 5.41) is 23.0. The number of piperidine rings is 1. The lowest BCUT2D eigenvalue weighted by atomic mass is 9.79. The Bertz CT molecular complexity index is 363. The normalized spacial score (nSPS) is 30.2. The number of hydrogen-bond donors (Lipinski definition) is 3. The summed E-state index contributed by atoms with van der Waals surface area (Å²) in [5.41, 5.74) is 0.477. The van der Waals surface area contributed by atoms with Gasteiger partial charge >= 0.3 is 0 Å². The monoisotopic (exact) mass is 221 g/mol. The summed E-state index contributed by atoms with van der Waals surface area (Å²) >= 11 is 0. The molecule has 0 amide bonds. The Morgan fingerprint density at radius 3 is 3.00 bits per heavy atom. The van der Waals surface area contributed by atoms with Gasteiger partial charge in [0.05, 0.1) is 5.60 Å². The molecule has 1 fully saturated rings. The van der Waals surface area contributed by atoms with Gasteiger partial charge in [0, 0.05) is 12.5 Å². The van der Waals surface area contributed by atoms with E-state index in [1.807, 2.05) is 19.1 Å². The van der Waals surface area contributed by atoms with Crippen molar-refractivity contribution in [3.05, 3.63) is 29.8 Å². The zero-order valence-corrected chi connectivity index (χ0v) is 9.61. The molecule has 3 nitrogen and oxygen atoms in total. The molecule has 0 saturated carbocycles. The van der Waals surface area contributed by atoms with Gasteiger partial charge in [0.25, 0.3) is 0 Å². The largest absolute Gasteiger partial charge is 0.508 e. The van der Waals surface area contributed by atoms with E-state index in [1.165, 1.54) is 0 Å². The molecular formula is C13H19NO2. The van der Waals surface area contributed by atoms with Gasteiger partial charge in [-0.05, 0) is 44.0 Å². The first-order chi connectivity index (χ1) is 7.58. The molecule has 1 aromatic carbocycles. The number of nitrogens with one attached hydrogen (secondary N) is 1. The summed E-state index contributed by atoms with van der Waals surface area (Å²) in [7, 11) is 0. The molecule has 1 aliphatic rings. The lowest BCUT2D eigenvalue weighted by Crippen LogP contribution is -2.49. The predicted octanol–water partition coefficient (Wildman–Crippen LogP) is 1.30. The predicted molar refractivity (Wildman–Crippen MR) is 63.4 cm³/mol. The number of aromatic hydroxyl groups is 1. The van der Waals surface area contributed by atoms with Gasteiger partial charge in [0.15, 0.2) is 0 Å². The summed E-state index contributed by atoms with van der Waals surface area (Å²) in [4.78, 5) is 0. The molecule has 0 spiro atoms. The summed E-state index contributed by atoms with van der Waals surface area (Å²) in [5.74, 6) is 0.504. The Morgan fingerprint density at radius 1 is 1.50 bits per heavy atom. The summed E-state index contributed by atoms with van der Waals surface area (Å²) in [6.07, 6.45) is 1.59. The Kier molecular flexibility index (Phi) is 3.17. The van der Waals surface area contributed by atoms with E-state index in [2.05, 4.69) is 5.32 Å². The van der Waals surface area contributed by atoms with Crippen molar-refractivity contribution in [3.63, 3.8) is 0 Å². The van der Waals surface area contributed by atoms with Crippen LogP contribution in [0.3, 0.4) is 0 Å². The van der Waals surface area contributed by atoms with E-state index < -0.39 is 5.60 Å². The molecule has 1 aliphatic heterocycles. The SMILES string of the molecule is CC1(O)CCNCC1Cc1cccc(O)c1. The van der Waals surface area contributed by atoms with Gasteiger partial charge in [-0.2, -0.15) is 0 Å². The number of phenolic OH excluding ortho intramolecular Hbond substituents is 1. The maximum atomic E-state index is 10.3. The molecule has 3 heteroatoms. The van der Waals surface area contributed by atoms with Gasteiger partial charge in [-0.1, -0.05) is 12.1 Å². The van der Waals surface area contributed by atoms with Crippen LogP contribution in [0.1, 0.15) is 18.9 Å². The van der Waals surface area contributed by atoms with Gasteiger partial charge in [-0.15, -0.1) is 0 Å². The minimum absolute atomic E-state index is 0.211. The van der Waals surface area contributed by atoms with Gasteiger partial charge in [0.1, 0.15) is 5.75 Å². The zero-order valence-electron chi connectivity index (χ0n) is 9.61. The number of hydrogen-bond acceptors (Lipinski definition) is 3. The van der Waals surface area contributed by atoms with Crippen molar-refractivity contribution in [2.75, 3.05) is 13.1 Å². The highest BCUT2D eigenvalue weighted by Crippen LogP contribution is 2.27. The molecule has 2 rings (SSSR count). The minimum Gasteiger partial charge on any atom is -0.508 e. The van der Waals surface area contributed by atoms with E-state index >= 15 is 0 Å². The average molecular weight is 221 g/mol. The van der Waals surface area contributed by atoms with Crippen molar-refractivity contribution in [1.82, 2.24) is 5.32 Å². The second-order valence-corrected chi connectivity index (χ2v) is 4.88. The molecule has 3 N–H and O–H groups in total. The summed E-state index contributed by atoms with van der Waals surface area (Å²) < 4.78 is 0. The van der Waals surface area contributed by atoms with Crippen LogP contribution < -0.4 is 5.32 Å². The van der Waals surface area contributed by atoms with Gasteiger partial charge in [-0.25, -0.2) is 0 Å². The highest BCUT2D eigenvalue weighted by atomic mass is 16.3. The average Bonchev–Trinajstić information content (AvgIpc) is 2.21. The molecule has 0 radical (unpaired) electrons. The molecule has 2 atom stereocenters. The van der Waals surface area contributed by atoms with Crippen molar-refractivity contribution in [2.45, 2.75) is 25.4 Å². The van der Waals surface area contributed by atoms with Crippen LogP contribution >= 0.6 is 0 Å². The third kappa shape index (κ3) is 2.54. The van der Waals surface area contributed by atoms with Crippen LogP contribution in [0.2, 0.25) is 0 Å². The molecule has 1 heterocycles. The Labute approximate surface area is 96.1 Å². The fourth-order valence-electron chi connectivity index (χ4n) is 2.30. The molecule has 16 heavy (non-hydrogen) atoms. The van der Waals surface area contributed by atoms with Gasteiger partial charge in [0.2, 0.25) is 0 Å². The van der Waals surface area contributed by atoms with Crippen molar-refractivity contribution < 1.29 is 10.2 Å². The molecule has 2 unspecified atom stereocenters. The first kappa shape index (κ1) is 11.4. The number of phenols is 1. The van der Waals surface area contributed by atoms with Crippen molar-refractivity contribution in [1.29, 1.82) is 0 Å². The smallest absolute Gasteiger partial charge is 0.115 e. The topological polar surface area (TPSA) is 52.5 Å². The van der Waals surface area contributed by atoms with E-state index in [0.717, 1.165) is 31.5 Å². The maximum absolute atomic E-state index is 10.3. The molecule has 1 saturated heterocycles. The second-order valence-electron chi connectivity index (χ2n) is 4.88. The molecule has 1 aromatic rings.